The fourth-order valence-corrected chi connectivity index (χ4v) is 2.41. The molecule has 1 heterocycles. The molecule has 1 rings (SSSR count). The van der Waals surface area contributed by atoms with Gasteiger partial charge >= 0.3 is 0 Å². The average Bonchev–Trinajstić information content (AvgIpc) is 2.80. The third-order valence-electron chi connectivity index (χ3n) is 2.54. The van der Waals surface area contributed by atoms with Crippen molar-refractivity contribution in [3.05, 3.63) is 22.4 Å². The van der Waals surface area contributed by atoms with E-state index < -0.39 is 6.10 Å². The van der Waals surface area contributed by atoms with Gasteiger partial charge in [-0.05, 0) is 24.8 Å². The second kappa shape index (κ2) is 7.91. The molecule has 106 valence electrons. The summed E-state index contributed by atoms with van der Waals surface area (Å²) >= 11 is 1.51. The van der Waals surface area contributed by atoms with Gasteiger partial charge in [-0.15, -0.1) is 11.3 Å². The molecule has 2 atom stereocenters. The summed E-state index contributed by atoms with van der Waals surface area (Å²) in [4.78, 5) is 23.9. The smallest absolute Gasteiger partial charge is 0.222 e. The summed E-state index contributed by atoms with van der Waals surface area (Å²) in [6, 6.07) is 3.50. The van der Waals surface area contributed by atoms with Crippen LogP contribution in [0.4, 0.5) is 0 Å². The van der Waals surface area contributed by atoms with E-state index >= 15 is 0 Å². The van der Waals surface area contributed by atoms with E-state index in [0.29, 0.717) is 13.0 Å². The van der Waals surface area contributed by atoms with Crippen LogP contribution in [0.1, 0.15) is 37.6 Å². The molecule has 0 bridgehead atoms. The first-order valence-corrected chi connectivity index (χ1v) is 7.12. The first-order chi connectivity index (χ1) is 8.99. The van der Waals surface area contributed by atoms with Crippen molar-refractivity contribution in [3.63, 3.8) is 0 Å². The van der Waals surface area contributed by atoms with Crippen LogP contribution in [0.25, 0.3) is 0 Å². The van der Waals surface area contributed by atoms with Crippen LogP contribution < -0.4 is 10.6 Å². The minimum atomic E-state index is -0.427. The fraction of sp³-hybridized carbons (Fsp3) is 0.538. The molecule has 1 aromatic rings. The first kappa shape index (κ1) is 15.7. The summed E-state index contributed by atoms with van der Waals surface area (Å²) in [7, 11) is 0. The molecule has 0 aliphatic heterocycles. The molecule has 2 amide bonds. The van der Waals surface area contributed by atoms with E-state index in [0.717, 1.165) is 4.88 Å². The third kappa shape index (κ3) is 6.35. The highest BCUT2D eigenvalue weighted by Gasteiger charge is 2.17. The predicted octanol–water partition coefficient (Wildman–Crippen LogP) is 1.20. The number of aliphatic hydroxyl groups excluding tert-OH is 1. The Hall–Kier alpha value is -1.40. The topological polar surface area (TPSA) is 78.4 Å². The van der Waals surface area contributed by atoms with Crippen LogP contribution >= 0.6 is 11.3 Å². The van der Waals surface area contributed by atoms with E-state index in [4.69, 9.17) is 5.11 Å². The second-order valence-electron chi connectivity index (χ2n) is 4.46. The van der Waals surface area contributed by atoms with Gasteiger partial charge in [-0.2, -0.15) is 0 Å². The summed E-state index contributed by atoms with van der Waals surface area (Å²) in [5.74, 6) is -0.289. The predicted molar refractivity (Wildman–Crippen MR) is 74.8 cm³/mol. The van der Waals surface area contributed by atoms with E-state index in [-0.39, 0.29) is 24.3 Å². The number of hydrogen-bond acceptors (Lipinski definition) is 4. The quantitative estimate of drug-likeness (QED) is 0.704. The maximum Gasteiger partial charge on any atom is 0.222 e. The molecule has 0 spiro atoms. The zero-order valence-electron chi connectivity index (χ0n) is 11.2. The Balaban J connectivity index is 2.48. The summed E-state index contributed by atoms with van der Waals surface area (Å²) in [6.07, 6.45) is 0.305. The number of aliphatic hydroxyl groups is 1. The van der Waals surface area contributed by atoms with E-state index in [1.807, 2.05) is 17.5 Å². The minimum absolute atomic E-state index is 0.132. The van der Waals surface area contributed by atoms with Gasteiger partial charge in [-0.25, -0.2) is 0 Å². The van der Waals surface area contributed by atoms with Crippen LogP contribution in [0.5, 0.6) is 0 Å². The highest BCUT2D eigenvalue weighted by molar-refractivity contribution is 7.10. The van der Waals surface area contributed by atoms with Gasteiger partial charge in [0.2, 0.25) is 11.8 Å². The van der Waals surface area contributed by atoms with Crippen molar-refractivity contribution in [1.82, 2.24) is 10.6 Å². The van der Waals surface area contributed by atoms with Gasteiger partial charge in [0.15, 0.2) is 0 Å². The lowest BCUT2D eigenvalue weighted by Gasteiger charge is -2.16. The molecule has 3 N–H and O–H groups in total. The fourth-order valence-electron chi connectivity index (χ4n) is 1.64. The summed E-state index contributed by atoms with van der Waals surface area (Å²) in [5.41, 5.74) is 0. The van der Waals surface area contributed by atoms with Crippen LogP contribution in [0.15, 0.2) is 17.5 Å². The van der Waals surface area contributed by atoms with Gasteiger partial charge in [0.1, 0.15) is 0 Å². The van der Waals surface area contributed by atoms with Crippen molar-refractivity contribution < 1.29 is 14.7 Å². The lowest BCUT2D eigenvalue weighted by atomic mass is 10.1. The van der Waals surface area contributed by atoms with Crippen LogP contribution in [0.2, 0.25) is 0 Å². The lowest BCUT2D eigenvalue weighted by Crippen LogP contribution is -2.33. The zero-order valence-corrected chi connectivity index (χ0v) is 12.0. The van der Waals surface area contributed by atoms with Crippen molar-refractivity contribution in [2.75, 3.05) is 6.54 Å². The molecule has 2 unspecified atom stereocenters. The molecule has 5 nitrogen and oxygen atoms in total. The van der Waals surface area contributed by atoms with Gasteiger partial charge < -0.3 is 15.7 Å². The molecule has 0 saturated carbocycles. The molecule has 19 heavy (non-hydrogen) atoms. The molecule has 0 fully saturated rings. The Morgan fingerprint density at radius 3 is 2.74 bits per heavy atom. The van der Waals surface area contributed by atoms with Crippen molar-refractivity contribution in [3.8, 4) is 0 Å². The van der Waals surface area contributed by atoms with Gasteiger partial charge in [-0.1, -0.05) is 6.07 Å². The molecule has 6 heteroatoms. The number of thiophene rings is 1. The number of hydrogen-bond donors (Lipinski definition) is 3. The maximum absolute atomic E-state index is 11.8. The molecular formula is C13H20N2O3S. The molecular weight excluding hydrogens is 264 g/mol. The largest absolute Gasteiger partial charge is 0.393 e. The van der Waals surface area contributed by atoms with E-state index in [9.17, 15) is 9.59 Å². The monoisotopic (exact) mass is 284 g/mol. The molecule has 0 aliphatic rings. The van der Waals surface area contributed by atoms with Gasteiger partial charge in [0.05, 0.1) is 18.6 Å². The molecule has 0 aromatic carbocycles. The summed E-state index contributed by atoms with van der Waals surface area (Å²) in [5, 5.41) is 16.5. The van der Waals surface area contributed by atoms with Crippen LogP contribution in [0.3, 0.4) is 0 Å². The first-order valence-electron chi connectivity index (χ1n) is 6.24. The Kier molecular flexibility index (Phi) is 6.52. The van der Waals surface area contributed by atoms with Gasteiger partial charge in [-0.3, -0.25) is 9.59 Å². The highest BCUT2D eigenvalue weighted by Crippen LogP contribution is 2.21. The Bertz CT molecular complexity index is 404. The number of rotatable bonds is 7. The second-order valence-corrected chi connectivity index (χ2v) is 5.44. The number of carbonyl (C=O) groups is 2. The SMILES string of the molecule is CC(=O)NC(CC(=O)NCCC(C)O)c1cccs1. The van der Waals surface area contributed by atoms with E-state index in [1.165, 1.54) is 18.3 Å². The van der Waals surface area contributed by atoms with Crippen LogP contribution in [-0.4, -0.2) is 29.6 Å². The van der Waals surface area contributed by atoms with Gasteiger partial charge in [0, 0.05) is 18.3 Å². The van der Waals surface area contributed by atoms with Crippen LogP contribution in [-0.2, 0) is 9.59 Å². The Morgan fingerprint density at radius 2 is 2.21 bits per heavy atom. The molecule has 0 aliphatic carbocycles. The standard InChI is InChI=1S/C13H20N2O3S/c1-9(16)5-6-14-13(18)8-11(15-10(2)17)12-4-3-7-19-12/h3-4,7,9,11,16H,5-6,8H2,1-2H3,(H,14,18)(H,15,17). The normalized spacial score (nSPS) is 13.6. The van der Waals surface area contributed by atoms with E-state index in [1.54, 1.807) is 6.92 Å². The number of amides is 2. The lowest BCUT2D eigenvalue weighted by molar-refractivity contribution is -0.122. The molecule has 1 aromatic heterocycles. The average molecular weight is 284 g/mol. The maximum atomic E-state index is 11.8. The van der Waals surface area contributed by atoms with Gasteiger partial charge in [0.25, 0.3) is 0 Å². The highest BCUT2D eigenvalue weighted by atomic mass is 32.1. The van der Waals surface area contributed by atoms with Crippen molar-refractivity contribution in [2.45, 2.75) is 38.8 Å². The number of nitrogens with one attached hydrogen (secondary N) is 2. The van der Waals surface area contributed by atoms with Crippen molar-refractivity contribution in [2.24, 2.45) is 0 Å². The van der Waals surface area contributed by atoms with E-state index in [2.05, 4.69) is 10.6 Å². The zero-order chi connectivity index (χ0) is 14.3. The third-order valence-corrected chi connectivity index (χ3v) is 3.52. The van der Waals surface area contributed by atoms with Crippen molar-refractivity contribution >= 4 is 23.2 Å². The summed E-state index contributed by atoms with van der Waals surface area (Å²) < 4.78 is 0. The van der Waals surface area contributed by atoms with Crippen LogP contribution in [0, 0.1) is 0 Å². The Morgan fingerprint density at radius 1 is 1.47 bits per heavy atom. The molecule has 0 radical (unpaired) electrons. The Labute approximate surface area is 117 Å². The summed E-state index contributed by atoms with van der Waals surface area (Å²) in [6.45, 7) is 3.55. The minimum Gasteiger partial charge on any atom is -0.393 e. The van der Waals surface area contributed by atoms with Crippen molar-refractivity contribution in [1.29, 1.82) is 0 Å². The number of carbonyl (C=O) groups excluding carboxylic acids is 2. The molecule has 0 saturated heterocycles.